The van der Waals surface area contributed by atoms with Gasteiger partial charge in [0.25, 0.3) is 0 Å². The van der Waals surface area contributed by atoms with Crippen molar-refractivity contribution in [2.75, 3.05) is 24.9 Å². The van der Waals surface area contributed by atoms with Crippen LogP contribution in [0.15, 0.2) is 48.7 Å². The normalized spacial score (nSPS) is 13.7. The van der Waals surface area contributed by atoms with Crippen LogP contribution in [0.5, 0.6) is 5.75 Å². The van der Waals surface area contributed by atoms with Crippen molar-refractivity contribution in [1.29, 1.82) is 0 Å². The molecule has 2 aromatic carbocycles. The Kier molecular flexibility index (Phi) is 7.59. The summed E-state index contributed by atoms with van der Waals surface area (Å²) in [7, 11) is 3.07. The molecule has 1 aromatic heterocycles. The minimum atomic E-state index is -0.382. The predicted molar refractivity (Wildman–Crippen MR) is 142 cm³/mol. The first-order valence-corrected chi connectivity index (χ1v) is 12.3. The lowest BCUT2D eigenvalue weighted by atomic mass is 9.89. The molecule has 1 saturated carbocycles. The second-order valence-corrected chi connectivity index (χ2v) is 9.43. The number of rotatable bonds is 8. The number of nitrogens with one attached hydrogen (secondary N) is 2. The molecule has 184 valence electrons. The van der Waals surface area contributed by atoms with Crippen molar-refractivity contribution >= 4 is 17.5 Å². The SMILES string of the molecule is COC(=O)c1c(-c2ccc(NC3CCCC3)nc2)cc(OC)c(-c2ccc(NC(C)C)cc2)c1C. The van der Waals surface area contributed by atoms with E-state index in [1.807, 2.05) is 55.6 Å². The van der Waals surface area contributed by atoms with Crippen LogP contribution in [-0.4, -0.2) is 37.3 Å². The number of esters is 1. The smallest absolute Gasteiger partial charge is 0.338 e. The summed E-state index contributed by atoms with van der Waals surface area (Å²) < 4.78 is 11.0. The van der Waals surface area contributed by atoms with Crippen molar-refractivity contribution < 1.29 is 14.3 Å². The maximum Gasteiger partial charge on any atom is 0.338 e. The summed E-state index contributed by atoms with van der Waals surface area (Å²) in [6.07, 6.45) is 6.70. The number of hydrogen-bond acceptors (Lipinski definition) is 6. The van der Waals surface area contributed by atoms with Crippen molar-refractivity contribution in [2.45, 2.75) is 58.5 Å². The average molecular weight is 474 g/mol. The van der Waals surface area contributed by atoms with E-state index in [1.165, 1.54) is 32.8 Å². The van der Waals surface area contributed by atoms with Gasteiger partial charge in [0.15, 0.2) is 0 Å². The van der Waals surface area contributed by atoms with Crippen molar-refractivity contribution in [3.8, 4) is 28.0 Å². The van der Waals surface area contributed by atoms with Gasteiger partial charge in [-0.3, -0.25) is 0 Å². The molecule has 0 radical (unpaired) electrons. The highest BCUT2D eigenvalue weighted by atomic mass is 16.5. The number of methoxy groups -OCH3 is 2. The molecule has 0 bridgehead atoms. The number of nitrogens with zero attached hydrogens (tertiary/aromatic N) is 1. The third-order valence-electron chi connectivity index (χ3n) is 6.56. The number of carbonyl (C=O) groups is 1. The van der Waals surface area contributed by atoms with E-state index in [4.69, 9.17) is 9.47 Å². The van der Waals surface area contributed by atoms with E-state index >= 15 is 0 Å². The second-order valence-electron chi connectivity index (χ2n) is 9.43. The predicted octanol–water partition coefficient (Wildman–Crippen LogP) is 6.69. The van der Waals surface area contributed by atoms with Gasteiger partial charge in [0.05, 0.1) is 19.8 Å². The van der Waals surface area contributed by atoms with Crippen molar-refractivity contribution in [3.05, 3.63) is 59.8 Å². The lowest BCUT2D eigenvalue weighted by Gasteiger charge is -2.20. The van der Waals surface area contributed by atoms with E-state index in [-0.39, 0.29) is 5.97 Å². The minimum Gasteiger partial charge on any atom is -0.496 e. The fourth-order valence-electron chi connectivity index (χ4n) is 4.88. The van der Waals surface area contributed by atoms with Gasteiger partial charge < -0.3 is 20.1 Å². The molecule has 1 fully saturated rings. The first-order chi connectivity index (χ1) is 16.9. The Labute approximate surface area is 208 Å². The monoisotopic (exact) mass is 473 g/mol. The van der Waals surface area contributed by atoms with E-state index in [9.17, 15) is 4.79 Å². The van der Waals surface area contributed by atoms with Crippen LogP contribution >= 0.6 is 0 Å². The zero-order valence-corrected chi connectivity index (χ0v) is 21.3. The van der Waals surface area contributed by atoms with Crippen LogP contribution in [0.25, 0.3) is 22.3 Å². The van der Waals surface area contributed by atoms with E-state index in [0.29, 0.717) is 23.4 Å². The van der Waals surface area contributed by atoms with Crippen LogP contribution in [-0.2, 0) is 4.74 Å². The first-order valence-electron chi connectivity index (χ1n) is 12.3. The van der Waals surface area contributed by atoms with E-state index < -0.39 is 0 Å². The largest absolute Gasteiger partial charge is 0.496 e. The molecule has 0 spiro atoms. The summed E-state index contributed by atoms with van der Waals surface area (Å²) in [5.41, 5.74) is 5.80. The van der Waals surface area contributed by atoms with Crippen LogP contribution in [0.3, 0.4) is 0 Å². The number of pyridine rings is 1. The maximum atomic E-state index is 13.0. The summed E-state index contributed by atoms with van der Waals surface area (Å²) >= 11 is 0. The Hall–Kier alpha value is -3.54. The first kappa shape index (κ1) is 24.6. The molecule has 3 aromatic rings. The highest BCUT2D eigenvalue weighted by molar-refractivity contribution is 6.02. The fourth-order valence-corrected chi connectivity index (χ4v) is 4.88. The maximum absolute atomic E-state index is 13.0. The molecule has 0 atom stereocenters. The number of carbonyl (C=O) groups excluding carboxylic acids is 1. The van der Waals surface area contributed by atoms with Gasteiger partial charge in [-0.05, 0) is 75.1 Å². The van der Waals surface area contributed by atoms with Crippen molar-refractivity contribution in [3.63, 3.8) is 0 Å². The van der Waals surface area contributed by atoms with E-state index in [1.54, 1.807) is 7.11 Å². The number of ether oxygens (including phenoxy) is 2. The number of benzene rings is 2. The van der Waals surface area contributed by atoms with Crippen LogP contribution in [0.1, 0.15) is 55.5 Å². The lowest BCUT2D eigenvalue weighted by molar-refractivity contribution is 0.0601. The minimum absolute atomic E-state index is 0.343. The van der Waals surface area contributed by atoms with Gasteiger partial charge in [-0.2, -0.15) is 0 Å². The Bertz CT molecular complexity index is 1170. The Morgan fingerprint density at radius 1 is 1.03 bits per heavy atom. The van der Waals surface area contributed by atoms with Gasteiger partial charge in [0.1, 0.15) is 11.6 Å². The summed E-state index contributed by atoms with van der Waals surface area (Å²) in [6.45, 7) is 6.15. The Balaban J connectivity index is 1.75. The molecule has 1 heterocycles. The molecule has 0 aliphatic heterocycles. The molecule has 0 unspecified atom stereocenters. The van der Waals surface area contributed by atoms with Gasteiger partial charge in [-0.15, -0.1) is 0 Å². The highest BCUT2D eigenvalue weighted by Crippen LogP contribution is 2.41. The van der Waals surface area contributed by atoms with Gasteiger partial charge >= 0.3 is 5.97 Å². The second kappa shape index (κ2) is 10.8. The third-order valence-corrected chi connectivity index (χ3v) is 6.56. The highest BCUT2D eigenvalue weighted by Gasteiger charge is 2.24. The number of hydrogen-bond donors (Lipinski definition) is 2. The van der Waals surface area contributed by atoms with Gasteiger partial charge in [-0.25, -0.2) is 9.78 Å². The van der Waals surface area contributed by atoms with Crippen LogP contribution in [0.4, 0.5) is 11.5 Å². The van der Waals surface area contributed by atoms with Gasteiger partial charge in [-0.1, -0.05) is 25.0 Å². The van der Waals surface area contributed by atoms with Crippen molar-refractivity contribution in [1.82, 2.24) is 4.98 Å². The number of aromatic nitrogens is 1. The van der Waals surface area contributed by atoms with Gasteiger partial charge in [0, 0.05) is 40.7 Å². The summed E-state index contributed by atoms with van der Waals surface area (Å²) in [6, 6.07) is 14.9. The molecule has 4 rings (SSSR count). The Morgan fingerprint density at radius 2 is 1.71 bits per heavy atom. The summed E-state index contributed by atoms with van der Waals surface area (Å²) in [4.78, 5) is 17.6. The molecule has 2 N–H and O–H groups in total. The van der Waals surface area contributed by atoms with Crippen molar-refractivity contribution in [2.24, 2.45) is 0 Å². The summed E-state index contributed by atoms with van der Waals surface area (Å²) in [5.74, 6) is 1.17. The molecule has 6 nitrogen and oxygen atoms in total. The average Bonchev–Trinajstić information content (AvgIpc) is 3.37. The van der Waals surface area contributed by atoms with E-state index in [0.717, 1.165) is 39.3 Å². The molecule has 6 heteroatoms. The van der Waals surface area contributed by atoms with E-state index in [2.05, 4.69) is 29.5 Å². The quantitative estimate of drug-likeness (QED) is 0.355. The third kappa shape index (κ3) is 5.42. The van der Waals surface area contributed by atoms with Gasteiger partial charge in [0.2, 0.25) is 0 Å². The molecule has 35 heavy (non-hydrogen) atoms. The van der Waals surface area contributed by atoms with Crippen LogP contribution in [0, 0.1) is 6.92 Å². The Morgan fingerprint density at radius 3 is 2.29 bits per heavy atom. The number of anilines is 2. The molecule has 1 aliphatic rings. The summed E-state index contributed by atoms with van der Waals surface area (Å²) in [5, 5.41) is 6.92. The zero-order chi connectivity index (χ0) is 24.9. The molecule has 0 saturated heterocycles. The van der Waals surface area contributed by atoms with Crippen LogP contribution in [0.2, 0.25) is 0 Å². The molecular formula is C29H35N3O3. The lowest BCUT2D eigenvalue weighted by Crippen LogP contribution is -2.15. The topological polar surface area (TPSA) is 72.5 Å². The van der Waals surface area contributed by atoms with Crippen LogP contribution < -0.4 is 15.4 Å². The standard InChI is InChI=1S/C29H35N3O3/c1-18(2)31-23-13-10-20(11-14-23)27-19(3)28(29(33)35-5)24(16-25(27)34-4)21-12-15-26(30-17-21)32-22-8-6-7-9-22/h10-18,22,31H,6-9H2,1-5H3,(H,30,32). The fraction of sp³-hybridized carbons (Fsp3) is 0.379. The molecular weight excluding hydrogens is 438 g/mol. The molecule has 0 amide bonds. The molecule has 1 aliphatic carbocycles. The zero-order valence-electron chi connectivity index (χ0n) is 21.3.